The van der Waals surface area contributed by atoms with Crippen molar-refractivity contribution in [2.75, 3.05) is 13.9 Å². The van der Waals surface area contributed by atoms with Crippen molar-refractivity contribution >= 4 is 14.3 Å². The molecule has 5 nitrogen and oxygen atoms in total. The van der Waals surface area contributed by atoms with Crippen LogP contribution in [-0.4, -0.2) is 45.5 Å². The van der Waals surface area contributed by atoms with Gasteiger partial charge in [-0.3, -0.25) is 0 Å². The molecule has 1 N–H and O–H groups in total. The van der Waals surface area contributed by atoms with E-state index in [4.69, 9.17) is 19.0 Å². The van der Waals surface area contributed by atoms with E-state index in [2.05, 4.69) is 40.8 Å². The Bertz CT molecular complexity index is 424. The minimum absolute atomic E-state index is 0.131. The van der Waals surface area contributed by atoms with Gasteiger partial charge in [0.25, 0.3) is 0 Å². The second-order valence-electron chi connectivity index (χ2n) is 7.46. The minimum Gasteiger partial charge on any atom is -0.478 e. The fourth-order valence-electron chi connectivity index (χ4n) is 1.85. The third-order valence-corrected chi connectivity index (χ3v) is 8.84. The molecule has 0 aromatic heterocycles. The number of carboxylic acid groups (broad SMARTS) is 1. The summed E-state index contributed by atoms with van der Waals surface area (Å²) in [7, 11) is -0.191. The summed E-state index contributed by atoms with van der Waals surface area (Å²) in [6.07, 6.45) is 7.79. The Morgan fingerprint density at radius 2 is 1.83 bits per heavy atom. The third kappa shape index (κ3) is 10.0. The van der Waals surface area contributed by atoms with Crippen LogP contribution in [0.5, 0.6) is 0 Å². The molecule has 0 aliphatic rings. The second kappa shape index (κ2) is 10.8. The van der Waals surface area contributed by atoms with Gasteiger partial charge in [-0.25, -0.2) is 4.79 Å². The molecule has 0 radical (unpaired) electrons. The number of rotatable bonds is 11. The zero-order valence-corrected chi connectivity index (χ0v) is 17.2. The lowest BCUT2D eigenvalue weighted by molar-refractivity contribution is -0.131. The maximum Gasteiger partial charge on any atom is 0.328 e. The van der Waals surface area contributed by atoms with Gasteiger partial charge in [0.15, 0.2) is 8.32 Å². The molecule has 2 atom stereocenters. The van der Waals surface area contributed by atoms with Crippen LogP contribution in [-0.2, 0) is 18.7 Å². The lowest BCUT2D eigenvalue weighted by atomic mass is 10.1. The molecule has 6 heteroatoms. The van der Waals surface area contributed by atoms with Gasteiger partial charge >= 0.3 is 5.97 Å². The van der Waals surface area contributed by atoms with Gasteiger partial charge in [0.05, 0.1) is 6.10 Å². The highest BCUT2D eigenvalue weighted by Gasteiger charge is 2.38. The van der Waals surface area contributed by atoms with Crippen molar-refractivity contribution in [3.05, 3.63) is 24.3 Å². The minimum atomic E-state index is -1.77. The summed E-state index contributed by atoms with van der Waals surface area (Å²) in [5.41, 5.74) is 0. The Balaban J connectivity index is 4.56. The first-order valence-electron chi connectivity index (χ1n) is 8.35. The Morgan fingerprint density at radius 3 is 2.33 bits per heavy atom. The summed E-state index contributed by atoms with van der Waals surface area (Å²) in [6.45, 7) is 13.5. The van der Waals surface area contributed by atoms with Gasteiger partial charge in [0, 0.05) is 19.3 Å². The normalized spacial score (nSPS) is 16.0. The van der Waals surface area contributed by atoms with Gasteiger partial charge in [-0.2, -0.15) is 0 Å². The van der Waals surface area contributed by atoms with E-state index < -0.39 is 14.3 Å². The van der Waals surface area contributed by atoms with Crippen LogP contribution in [0.3, 0.4) is 0 Å². The van der Waals surface area contributed by atoms with Gasteiger partial charge in [-0.1, -0.05) is 39.0 Å². The van der Waals surface area contributed by atoms with Crippen LogP contribution < -0.4 is 0 Å². The average Bonchev–Trinajstić information content (AvgIpc) is 2.43. The van der Waals surface area contributed by atoms with Crippen molar-refractivity contribution in [2.45, 2.75) is 70.9 Å². The van der Waals surface area contributed by atoms with Crippen LogP contribution in [0, 0.1) is 0 Å². The van der Waals surface area contributed by atoms with Crippen molar-refractivity contribution in [2.24, 2.45) is 0 Å². The van der Waals surface area contributed by atoms with Gasteiger partial charge < -0.3 is 19.0 Å². The van der Waals surface area contributed by atoms with Crippen LogP contribution in [0.2, 0.25) is 18.1 Å². The molecule has 0 bridgehead atoms. The van der Waals surface area contributed by atoms with Crippen molar-refractivity contribution in [3.8, 4) is 0 Å². The van der Waals surface area contributed by atoms with Crippen LogP contribution in [0.15, 0.2) is 24.3 Å². The molecule has 0 heterocycles. The molecule has 0 rings (SSSR count). The first-order valence-corrected chi connectivity index (χ1v) is 11.3. The van der Waals surface area contributed by atoms with E-state index in [-0.39, 0.29) is 24.0 Å². The molecule has 0 unspecified atom stereocenters. The third-order valence-electron chi connectivity index (χ3n) is 4.24. The number of hydrogen-bond donors (Lipinski definition) is 1. The number of methoxy groups -OCH3 is 1. The predicted molar refractivity (Wildman–Crippen MR) is 99.6 cm³/mol. The number of carboxylic acids is 1. The summed E-state index contributed by atoms with van der Waals surface area (Å²) < 4.78 is 16.9. The zero-order valence-electron chi connectivity index (χ0n) is 16.2. The van der Waals surface area contributed by atoms with Gasteiger partial charge in [-0.05, 0) is 37.9 Å². The summed E-state index contributed by atoms with van der Waals surface area (Å²) in [5.74, 6) is -0.967. The molecule has 0 amide bonds. The molecule has 0 aliphatic carbocycles. The Labute approximate surface area is 147 Å². The monoisotopic (exact) mass is 358 g/mol. The maximum atomic E-state index is 10.5. The molecule has 0 aromatic carbocycles. The van der Waals surface area contributed by atoms with Crippen LogP contribution in [0.1, 0.15) is 40.5 Å². The largest absolute Gasteiger partial charge is 0.478 e. The lowest BCUT2D eigenvalue weighted by Gasteiger charge is -2.38. The van der Waals surface area contributed by atoms with Crippen molar-refractivity contribution < 1.29 is 23.8 Å². The van der Waals surface area contributed by atoms with E-state index in [1.807, 2.05) is 6.08 Å². The molecule has 0 aromatic rings. The summed E-state index contributed by atoms with van der Waals surface area (Å²) in [4.78, 5) is 10.5. The van der Waals surface area contributed by atoms with E-state index >= 15 is 0 Å². The standard InChI is InChI=1S/C18H34O5Si/c1-15(23-24(6,7)18(2,3)4)12-13-16(22-14-21-5)10-8-9-11-17(19)20/h8-11,15-16H,12-14H2,1-7H3,(H,19,20)/b10-8+,11-9-/t15-,16+/m1/s1. The summed E-state index contributed by atoms with van der Waals surface area (Å²) >= 11 is 0. The number of ether oxygens (including phenoxy) is 2. The highest BCUT2D eigenvalue weighted by Crippen LogP contribution is 2.37. The fourth-order valence-corrected chi connectivity index (χ4v) is 3.33. The number of carbonyl (C=O) groups is 1. The molecular weight excluding hydrogens is 324 g/mol. The van der Waals surface area contributed by atoms with E-state index in [0.29, 0.717) is 0 Å². The van der Waals surface area contributed by atoms with Gasteiger partial charge in [-0.15, -0.1) is 0 Å². The summed E-state index contributed by atoms with van der Waals surface area (Å²) in [5, 5.41) is 8.77. The Morgan fingerprint density at radius 1 is 1.21 bits per heavy atom. The molecule has 24 heavy (non-hydrogen) atoms. The predicted octanol–water partition coefficient (Wildman–Crippen LogP) is 4.36. The Kier molecular flexibility index (Phi) is 10.4. The van der Waals surface area contributed by atoms with E-state index in [9.17, 15) is 4.79 Å². The van der Waals surface area contributed by atoms with E-state index in [1.165, 1.54) is 6.08 Å². The smallest absolute Gasteiger partial charge is 0.328 e. The number of aliphatic carboxylic acids is 1. The average molecular weight is 359 g/mol. The molecule has 140 valence electrons. The molecular formula is C18H34O5Si. The van der Waals surface area contributed by atoms with Crippen molar-refractivity contribution in [1.29, 1.82) is 0 Å². The molecule has 0 spiro atoms. The highest BCUT2D eigenvalue weighted by atomic mass is 28.4. The molecule has 0 aliphatic heterocycles. The molecule has 0 saturated carbocycles. The Hall–Kier alpha value is -0.953. The van der Waals surface area contributed by atoms with Crippen LogP contribution in [0.4, 0.5) is 0 Å². The van der Waals surface area contributed by atoms with Crippen molar-refractivity contribution in [1.82, 2.24) is 0 Å². The fraction of sp³-hybridized carbons (Fsp3) is 0.722. The molecule has 0 saturated heterocycles. The highest BCUT2D eigenvalue weighted by molar-refractivity contribution is 6.74. The quantitative estimate of drug-likeness (QED) is 0.257. The van der Waals surface area contributed by atoms with Gasteiger partial charge in [0.2, 0.25) is 0 Å². The number of allylic oxidation sites excluding steroid dienone is 2. The van der Waals surface area contributed by atoms with E-state index in [1.54, 1.807) is 13.2 Å². The SMILES string of the molecule is COCO[C@@H](/C=C/C=C\C(=O)O)CC[C@@H](C)O[Si](C)(C)C(C)(C)C. The summed E-state index contributed by atoms with van der Waals surface area (Å²) in [6, 6.07) is 0. The maximum absolute atomic E-state index is 10.5. The lowest BCUT2D eigenvalue weighted by Crippen LogP contribution is -2.43. The first kappa shape index (κ1) is 23.0. The number of hydrogen-bond acceptors (Lipinski definition) is 4. The van der Waals surface area contributed by atoms with Gasteiger partial charge in [0.1, 0.15) is 6.79 Å². The van der Waals surface area contributed by atoms with Crippen LogP contribution in [0.25, 0.3) is 0 Å². The van der Waals surface area contributed by atoms with E-state index in [0.717, 1.165) is 18.9 Å². The zero-order chi connectivity index (χ0) is 18.8. The van der Waals surface area contributed by atoms with Crippen molar-refractivity contribution in [3.63, 3.8) is 0 Å². The topological polar surface area (TPSA) is 65.0 Å². The molecule has 0 fully saturated rings. The van der Waals surface area contributed by atoms with Crippen LogP contribution >= 0.6 is 0 Å². The second-order valence-corrected chi connectivity index (χ2v) is 12.2. The first-order chi connectivity index (χ1) is 11.0.